The Morgan fingerprint density at radius 1 is 1.18 bits per heavy atom. The fourth-order valence-corrected chi connectivity index (χ4v) is 7.91. The van der Waals surface area contributed by atoms with Gasteiger partial charge in [-0.25, -0.2) is 17.9 Å². The summed E-state index contributed by atoms with van der Waals surface area (Å²) < 4.78 is 40.8. The first-order valence-corrected chi connectivity index (χ1v) is 15.4. The molecule has 4 atom stereocenters. The van der Waals surface area contributed by atoms with Crippen LogP contribution < -0.4 is 19.7 Å². The Hall–Kier alpha value is -2.75. The highest BCUT2D eigenvalue weighted by Gasteiger charge is 2.44. The van der Waals surface area contributed by atoms with E-state index in [2.05, 4.69) is 27.1 Å². The number of carbonyl (C=O) groups excluding carboxylic acids is 1. The molecule has 0 aromatic heterocycles. The van der Waals surface area contributed by atoms with Crippen molar-refractivity contribution in [3.05, 3.63) is 64.7 Å². The van der Waals surface area contributed by atoms with E-state index in [0.717, 1.165) is 49.4 Å². The Morgan fingerprint density at radius 3 is 2.85 bits per heavy atom. The number of anilines is 1. The number of hydrogen-bond acceptors (Lipinski definition) is 6. The van der Waals surface area contributed by atoms with Crippen LogP contribution in [0.4, 0.5) is 10.5 Å². The predicted octanol–water partition coefficient (Wildman–Crippen LogP) is 4.41. The summed E-state index contributed by atoms with van der Waals surface area (Å²) >= 11 is 6.37. The fraction of sp³-hybridized carbons (Fsp3) is 0.483. The molecule has 6 rings (SSSR count). The number of aryl methyl sites for hydroxylation is 1. The average molecular weight is 572 g/mol. The maximum absolute atomic E-state index is 13.2. The number of ether oxygens (including phenoxy) is 2. The lowest BCUT2D eigenvalue weighted by molar-refractivity contribution is 0.0132. The molecule has 39 heavy (non-hydrogen) atoms. The smallest absolute Gasteiger partial charge is 0.328 e. The maximum Gasteiger partial charge on any atom is 0.328 e. The summed E-state index contributed by atoms with van der Waals surface area (Å²) in [5.74, 6) is 1.35. The number of methoxy groups -OCH3 is 1. The molecule has 2 heterocycles. The van der Waals surface area contributed by atoms with Gasteiger partial charge in [0.1, 0.15) is 5.75 Å². The van der Waals surface area contributed by atoms with Crippen molar-refractivity contribution in [2.24, 2.45) is 11.8 Å². The van der Waals surface area contributed by atoms with E-state index >= 15 is 0 Å². The van der Waals surface area contributed by atoms with Crippen molar-refractivity contribution in [2.45, 2.75) is 48.5 Å². The van der Waals surface area contributed by atoms with Crippen molar-refractivity contribution < 1.29 is 22.7 Å². The summed E-state index contributed by atoms with van der Waals surface area (Å²) in [4.78, 5) is 14.7. The SMILES string of the molecule is CO[C@@H]1/C=C\CNC(=O)NS(=O)(=O)c2ccc3c(c2)N(C[C@@H]2CC[C@H]21)C[C@@]1(CCCc2cc(Cl)ccc21)CO3. The highest BCUT2D eigenvalue weighted by atomic mass is 35.5. The second-order valence-electron chi connectivity index (χ2n) is 11.2. The molecular formula is C29H34ClN3O5S. The van der Waals surface area contributed by atoms with Crippen molar-refractivity contribution >= 4 is 33.3 Å². The van der Waals surface area contributed by atoms with E-state index in [1.54, 1.807) is 19.2 Å². The van der Waals surface area contributed by atoms with Gasteiger partial charge in [-0.3, -0.25) is 0 Å². The van der Waals surface area contributed by atoms with Gasteiger partial charge in [0.25, 0.3) is 10.0 Å². The third-order valence-electron chi connectivity index (χ3n) is 8.88. The first-order valence-electron chi connectivity index (χ1n) is 13.6. The molecule has 10 heteroatoms. The number of rotatable bonds is 1. The molecule has 0 radical (unpaired) electrons. The molecule has 0 saturated heterocycles. The number of amides is 2. The van der Waals surface area contributed by atoms with Crippen molar-refractivity contribution in [1.29, 1.82) is 0 Å². The Kier molecular flexibility index (Phi) is 7.02. The second-order valence-corrected chi connectivity index (χ2v) is 13.3. The number of urea groups is 1. The van der Waals surface area contributed by atoms with Gasteiger partial charge in [0.05, 0.1) is 23.3 Å². The predicted molar refractivity (Wildman–Crippen MR) is 150 cm³/mol. The molecule has 2 aliphatic carbocycles. The van der Waals surface area contributed by atoms with Crippen molar-refractivity contribution in [2.75, 3.05) is 38.3 Å². The van der Waals surface area contributed by atoms with Crippen LogP contribution in [0.3, 0.4) is 0 Å². The molecule has 2 aromatic carbocycles. The number of sulfonamides is 1. The molecule has 0 unspecified atom stereocenters. The first-order chi connectivity index (χ1) is 18.8. The lowest BCUT2D eigenvalue weighted by atomic mass is 9.68. The van der Waals surface area contributed by atoms with Gasteiger partial charge in [-0.1, -0.05) is 29.8 Å². The summed E-state index contributed by atoms with van der Waals surface area (Å²) in [5.41, 5.74) is 3.00. The zero-order valence-corrected chi connectivity index (χ0v) is 23.6. The number of nitrogens with one attached hydrogen (secondary N) is 2. The van der Waals surface area contributed by atoms with Gasteiger partial charge in [-0.05, 0) is 85.4 Å². The molecule has 2 N–H and O–H groups in total. The minimum atomic E-state index is -4.09. The number of fused-ring (bicyclic) bond motifs is 4. The molecular weight excluding hydrogens is 538 g/mol. The van der Waals surface area contributed by atoms with Crippen LogP contribution in [0.5, 0.6) is 5.75 Å². The van der Waals surface area contributed by atoms with Crippen LogP contribution in [-0.2, 0) is 26.6 Å². The quantitative estimate of drug-likeness (QED) is 0.492. The van der Waals surface area contributed by atoms with E-state index in [0.29, 0.717) is 30.7 Å². The molecule has 2 bridgehead atoms. The van der Waals surface area contributed by atoms with Crippen LogP contribution in [0.2, 0.25) is 5.02 Å². The van der Waals surface area contributed by atoms with Crippen LogP contribution >= 0.6 is 11.6 Å². The van der Waals surface area contributed by atoms with Crippen LogP contribution in [0.25, 0.3) is 0 Å². The molecule has 1 saturated carbocycles. The van der Waals surface area contributed by atoms with Gasteiger partial charge in [-0.2, -0.15) is 0 Å². The monoisotopic (exact) mass is 571 g/mol. The Morgan fingerprint density at radius 2 is 2.05 bits per heavy atom. The van der Waals surface area contributed by atoms with Gasteiger partial charge in [-0.15, -0.1) is 0 Å². The largest absolute Gasteiger partial charge is 0.490 e. The minimum Gasteiger partial charge on any atom is -0.490 e. The van der Waals surface area contributed by atoms with Gasteiger partial charge >= 0.3 is 6.03 Å². The molecule has 208 valence electrons. The highest BCUT2D eigenvalue weighted by molar-refractivity contribution is 7.90. The maximum atomic E-state index is 13.2. The standard InChI is InChI=1S/C29H34ClN3O5S/c1-37-26-5-3-13-31-28(34)32-39(35,36)22-8-11-27-25(15-22)33(16-20-6-9-23(20)26)17-29(18-38-27)12-2-4-19-14-21(30)7-10-24(19)29/h3,5,7-8,10-11,14-15,20,23,26H,2,4,6,9,12-13,16-18H2,1H3,(H2,31,32,34)/b5-3-/t20-,23+,26+,29-/m0/s1. The van der Waals surface area contributed by atoms with Crippen LogP contribution in [0.1, 0.15) is 36.8 Å². The van der Waals surface area contributed by atoms with Crippen molar-refractivity contribution in [1.82, 2.24) is 10.0 Å². The van der Waals surface area contributed by atoms with E-state index in [1.165, 1.54) is 17.2 Å². The first kappa shape index (κ1) is 26.5. The Balaban J connectivity index is 1.45. The van der Waals surface area contributed by atoms with E-state index in [9.17, 15) is 13.2 Å². The molecule has 2 aromatic rings. The normalized spacial score (nSPS) is 30.6. The van der Waals surface area contributed by atoms with Crippen molar-refractivity contribution in [3.63, 3.8) is 0 Å². The Labute approximate surface area is 234 Å². The summed E-state index contributed by atoms with van der Waals surface area (Å²) in [7, 11) is -2.37. The minimum absolute atomic E-state index is 0.0297. The molecule has 2 amide bonds. The van der Waals surface area contributed by atoms with E-state index in [-0.39, 0.29) is 23.0 Å². The Bertz CT molecular complexity index is 1410. The zero-order chi connectivity index (χ0) is 27.2. The lowest BCUT2D eigenvalue weighted by Gasteiger charge is -2.46. The number of carbonyl (C=O) groups is 1. The lowest BCUT2D eigenvalue weighted by Crippen LogP contribution is -2.49. The van der Waals surface area contributed by atoms with Gasteiger partial charge < -0.3 is 19.7 Å². The number of benzene rings is 2. The molecule has 8 nitrogen and oxygen atoms in total. The summed E-state index contributed by atoms with van der Waals surface area (Å²) in [6.45, 7) is 2.15. The third-order valence-corrected chi connectivity index (χ3v) is 10.4. The molecule has 4 aliphatic rings. The number of halogens is 1. The van der Waals surface area contributed by atoms with Crippen LogP contribution in [-0.4, -0.2) is 53.9 Å². The summed E-state index contributed by atoms with van der Waals surface area (Å²) in [6, 6.07) is 10.3. The molecule has 2 aliphatic heterocycles. The van der Waals surface area contributed by atoms with E-state index < -0.39 is 16.1 Å². The van der Waals surface area contributed by atoms with Crippen LogP contribution in [0.15, 0.2) is 53.4 Å². The zero-order valence-electron chi connectivity index (χ0n) is 22.0. The number of hydrogen-bond donors (Lipinski definition) is 2. The van der Waals surface area contributed by atoms with Gasteiger partial charge in [0.2, 0.25) is 0 Å². The van der Waals surface area contributed by atoms with Crippen molar-refractivity contribution in [3.8, 4) is 5.75 Å². The third kappa shape index (κ3) is 5.00. The number of nitrogens with zero attached hydrogens (tertiary/aromatic N) is 1. The van der Waals surface area contributed by atoms with Gasteiger partial charge in [0.15, 0.2) is 0 Å². The molecule has 1 spiro atoms. The van der Waals surface area contributed by atoms with E-state index in [4.69, 9.17) is 21.1 Å². The molecule has 1 fully saturated rings. The van der Waals surface area contributed by atoms with Gasteiger partial charge in [0, 0.05) is 37.2 Å². The topological polar surface area (TPSA) is 97.0 Å². The summed E-state index contributed by atoms with van der Waals surface area (Å²) in [6.07, 6.45) is 8.83. The van der Waals surface area contributed by atoms with Crippen LogP contribution in [0, 0.1) is 11.8 Å². The fourth-order valence-electron chi connectivity index (χ4n) is 6.77. The second kappa shape index (κ2) is 10.3. The summed E-state index contributed by atoms with van der Waals surface area (Å²) in [5, 5.41) is 3.33. The van der Waals surface area contributed by atoms with E-state index in [1.807, 2.05) is 18.2 Å². The average Bonchev–Trinajstić information content (AvgIpc) is 3.04. The highest BCUT2D eigenvalue weighted by Crippen LogP contribution is 2.47.